The van der Waals surface area contributed by atoms with Crippen LogP contribution in [0.3, 0.4) is 0 Å². The van der Waals surface area contributed by atoms with Gasteiger partial charge in [0.2, 0.25) is 5.91 Å². The molecular weight excluding hydrogens is 232 g/mol. The average Bonchev–Trinajstić information content (AvgIpc) is 2.66. The lowest BCUT2D eigenvalue weighted by atomic mass is 9.95. The predicted molar refractivity (Wildman–Crippen MR) is 75.1 cm³/mol. The van der Waals surface area contributed by atoms with Crippen molar-refractivity contribution < 1.29 is 4.79 Å². The van der Waals surface area contributed by atoms with Crippen molar-refractivity contribution in [3.63, 3.8) is 0 Å². The van der Waals surface area contributed by atoms with Crippen LogP contribution in [0.4, 0.5) is 0 Å². The number of carbonyl (C=O) groups excluding carboxylic acids is 1. The average molecular weight is 258 g/mol. The summed E-state index contributed by atoms with van der Waals surface area (Å²) in [5.41, 5.74) is 5.68. The molecule has 1 aliphatic rings. The van der Waals surface area contributed by atoms with E-state index in [4.69, 9.17) is 5.73 Å². The molecule has 4 heteroatoms. The van der Waals surface area contributed by atoms with Crippen LogP contribution in [-0.2, 0) is 4.79 Å². The second-order valence-electron chi connectivity index (χ2n) is 5.13. The van der Waals surface area contributed by atoms with Gasteiger partial charge in [-0.3, -0.25) is 4.79 Å². The molecule has 0 heterocycles. The van der Waals surface area contributed by atoms with Crippen molar-refractivity contribution in [2.45, 2.75) is 51.3 Å². The van der Waals surface area contributed by atoms with Gasteiger partial charge in [-0.05, 0) is 24.5 Å². The number of nitrogens with two attached hydrogens (primary N) is 1. The van der Waals surface area contributed by atoms with E-state index in [1.54, 1.807) is 0 Å². The van der Waals surface area contributed by atoms with Crippen molar-refractivity contribution in [3.05, 3.63) is 0 Å². The van der Waals surface area contributed by atoms with Crippen molar-refractivity contribution in [1.82, 2.24) is 5.32 Å². The molecule has 1 rings (SSSR count). The number of carbonyl (C=O) groups is 1. The third-order valence-electron chi connectivity index (χ3n) is 3.56. The van der Waals surface area contributed by atoms with Gasteiger partial charge in [0.15, 0.2) is 0 Å². The summed E-state index contributed by atoms with van der Waals surface area (Å²) < 4.78 is 0. The van der Waals surface area contributed by atoms with Crippen molar-refractivity contribution in [3.8, 4) is 0 Å². The van der Waals surface area contributed by atoms with Gasteiger partial charge in [-0.15, -0.1) is 0 Å². The minimum Gasteiger partial charge on any atom is -0.352 e. The maximum Gasteiger partial charge on any atom is 0.224 e. The number of hydrogen-bond donors (Lipinski definition) is 2. The van der Waals surface area contributed by atoms with Crippen molar-refractivity contribution in [2.75, 3.05) is 12.3 Å². The Morgan fingerprint density at radius 2 is 2.18 bits per heavy atom. The largest absolute Gasteiger partial charge is 0.352 e. The van der Waals surface area contributed by atoms with Gasteiger partial charge in [-0.25, -0.2) is 0 Å². The van der Waals surface area contributed by atoms with E-state index in [2.05, 4.69) is 26.1 Å². The van der Waals surface area contributed by atoms with Crippen LogP contribution < -0.4 is 11.1 Å². The van der Waals surface area contributed by atoms with Gasteiger partial charge in [-0.1, -0.05) is 27.2 Å². The molecular formula is C13H26N2OS. The fourth-order valence-corrected chi connectivity index (χ4v) is 3.67. The quantitative estimate of drug-likeness (QED) is 0.766. The second kappa shape index (κ2) is 7.27. The summed E-state index contributed by atoms with van der Waals surface area (Å²) in [6.45, 7) is 6.74. The normalized spacial score (nSPS) is 26.2. The fraction of sp³-hybridized carbons (Fsp3) is 0.923. The first-order valence-electron chi connectivity index (χ1n) is 6.72. The number of hydrogen-bond acceptors (Lipinski definition) is 3. The molecule has 0 aromatic rings. The van der Waals surface area contributed by atoms with Crippen molar-refractivity contribution >= 4 is 17.7 Å². The molecule has 3 atom stereocenters. The van der Waals surface area contributed by atoms with E-state index in [1.807, 2.05) is 11.8 Å². The van der Waals surface area contributed by atoms with Crippen molar-refractivity contribution in [1.29, 1.82) is 0 Å². The first-order chi connectivity index (χ1) is 8.10. The minimum atomic E-state index is -0.0390. The molecule has 3 unspecified atom stereocenters. The molecule has 1 aliphatic carbocycles. The highest BCUT2D eigenvalue weighted by Crippen LogP contribution is 2.30. The summed E-state index contributed by atoms with van der Waals surface area (Å²) >= 11 is 1.97. The summed E-state index contributed by atoms with van der Waals surface area (Å²) in [6.07, 6.45) is 3.59. The van der Waals surface area contributed by atoms with Crippen LogP contribution in [0.2, 0.25) is 0 Å². The lowest BCUT2D eigenvalue weighted by molar-refractivity contribution is -0.126. The molecule has 0 spiro atoms. The van der Waals surface area contributed by atoms with Crippen LogP contribution in [-0.4, -0.2) is 29.5 Å². The lowest BCUT2D eigenvalue weighted by Crippen LogP contribution is -2.45. The Morgan fingerprint density at radius 3 is 2.71 bits per heavy atom. The lowest BCUT2D eigenvalue weighted by Gasteiger charge is -2.24. The highest BCUT2D eigenvalue weighted by Gasteiger charge is 2.30. The van der Waals surface area contributed by atoms with E-state index in [-0.39, 0.29) is 11.8 Å². The maximum absolute atomic E-state index is 12.1. The van der Waals surface area contributed by atoms with Gasteiger partial charge in [0.25, 0.3) is 0 Å². The van der Waals surface area contributed by atoms with E-state index in [1.165, 1.54) is 12.8 Å². The molecule has 0 aromatic heterocycles. The molecule has 100 valence electrons. The van der Waals surface area contributed by atoms with E-state index in [9.17, 15) is 4.79 Å². The van der Waals surface area contributed by atoms with Crippen LogP contribution in [0.25, 0.3) is 0 Å². The van der Waals surface area contributed by atoms with Gasteiger partial charge >= 0.3 is 0 Å². The highest BCUT2D eigenvalue weighted by atomic mass is 32.2. The third-order valence-corrected chi connectivity index (χ3v) is 4.88. The highest BCUT2D eigenvalue weighted by molar-refractivity contribution is 7.99. The maximum atomic E-state index is 12.1. The van der Waals surface area contributed by atoms with Gasteiger partial charge in [0.05, 0.1) is 5.92 Å². The summed E-state index contributed by atoms with van der Waals surface area (Å²) in [4.78, 5) is 12.1. The van der Waals surface area contributed by atoms with Crippen LogP contribution in [0.1, 0.15) is 40.0 Å². The molecule has 0 bridgehead atoms. The Hall–Kier alpha value is -0.220. The third kappa shape index (κ3) is 4.18. The molecule has 0 aromatic carbocycles. The second-order valence-corrected chi connectivity index (χ2v) is 6.64. The topological polar surface area (TPSA) is 55.1 Å². The van der Waals surface area contributed by atoms with E-state index in [0.717, 1.165) is 12.2 Å². The summed E-state index contributed by atoms with van der Waals surface area (Å²) in [6, 6.07) is 0.361. The zero-order valence-corrected chi connectivity index (χ0v) is 12.1. The van der Waals surface area contributed by atoms with Crippen LogP contribution in [0.5, 0.6) is 0 Å². The zero-order valence-electron chi connectivity index (χ0n) is 11.2. The van der Waals surface area contributed by atoms with Gasteiger partial charge < -0.3 is 11.1 Å². The molecule has 1 fully saturated rings. The predicted octanol–water partition coefficient (Wildman–Crippen LogP) is 2.01. The van der Waals surface area contributed by atoms with E-state index >= 15 is 0 Å². The van der Waals surface area contributed by atoms with Crippen LogP contribution in [0, 0.1) is 11.8 Å². The molecule has 1 amide bonds. The number of nitrogens with one attached hydrogen (secondary N) is 1. The summed E-state index contributed by atoms with van der Waals surface area (Å²) in [7, 11) is 0. The monoisotopic (exact) mass is 258 g/mol. The smallest absolute Gasteiger partial charge is 0.224 e. The zero-order chi connectivity index (χ0) is 12.8. The number of rotatable bonds is 6. The molecule has 0 radical (unpaired) electrons. The Kier molecular flexibility index (Phi) is 6.34. The number of amides is 1. The van der Waals surface area contributed by atoms with Crippen LogP contribution >= 0.6 is 11.8 Å². The van der Waals surface area contributed by atoms with Gasteiger partial charge in [-0.2, -0.15) is 11.8 Å². The van der Waals surface area contributed by atoms with E-state index in [0.29, 0.717) is 23.8 Å². The molecule has 1 saturated carbocycles. The van der Waals surface area contributed by atoms with Gasteiger partial charge in [0, 0.05) is 17.8 Å². The number of thioether (sulfide) groups is 1. The van der Waals surface area contributed by atoms with E-state index < -0.39 is 0 Å². The molecule has 3 N–H and O–H groups in total. The first kappa shape index (κ1) is 14.8. The SMILES string of the molecule is CCSC1CCCC1NC(=O)C(CN)C(C)C. The Labute approximate surface area is 109 Å². The van der Waals surface area contributed by atoms with Crippen molar-refractivity contribution in [2.24, 2.45) is 17.6 Å². The summed E-state index contributed by atoms with van der Waals surface area (Å²) in [5.74, 6) is 1.55. The molecule has 3 nitrogen and oxygen atoms in total. The minimum absolute atomic E-state index is 0.0390. The Bertz CT molecular complexity index is 246. The molecule has 0 saturated heterocycles. The standard InChI is InChI=1S/C13H26N2OS/c1-4-17-12-7-5-6-11(12)15-13(16)10(8-14)9(2)3/h9-12H,4-8,14H2,1-3H3,(H,15,16). The summed E-state index contributed by atoms with van der Waals surface area (Å²) in [5, 5.41) is 3.81. The Morgan fingerprint density at radius 1 is 1.47 bits per heavy atom. The van der Waals surface area contributed by atoms with Crippen LogP contribution in [0.15, 0.2) is 0 Å². The first-order valence-corrected chi connectivity index (χ1v) is 7.77. The molecule has 0 aliphatic heterocycles. The Balaban J connectivity index is 2.49. The fourth-order valence-electron chi connectivity index (χ4n) is 2.48. The van der Waals surface area contributed by atoms with Gasteiger partial charge in [0.1, 0.15) is 0 Å². The molecule has 17 heavy (non-hydrogen) atoms.